The number of halogens is 1. The second-order valence-electron chi connectivity index (χ2n) is 5.66. The Hall–Kier alpha value is -2.31. The second kappa shape index (κ2) is 7.51. The highest BCUT2D eigenvalue weighted by molar-refractivity contribution is 6.09. The van der Waals surface area contributed by atoms with E-state index >= 15 is 0 Å². The van der Waals surface area contributed by atoms with Crippen LogP contribution in [0.2, 0.25) is 0 Å². The van der Waals surface area contributed by atoms with Crippen molar-refractivity contribution in [2.45, 2.75) is 12.5 Å². The predicted molar refractivity (Wildman–Crippen MR) is 93.6 cm³/mol. The van der Waals surface area contributed by atoms with Crippen LogP contribution in [0.3, 0.4) is 0 Å². The second-order valence-corrected chi connectivity index (χ2v) is 5.66. The zero-order valence-corrected chi connectivity index (χ0v) is 14.2. The summed E-state index contributed by atoms with van der Waals surface area (Å²) in [5, 5.41) is 0. The summed E-state index contributed by atoms with van der Waals surface area (Å²) in [6.45, 7) is 1.19. The minimum Gasteiger partial charge on any atom is -0.459 e. The van der Waals surface area contributed by atoms with Crippen molar-refractivity contribution < 1.29 is 14.0 Å². The number of nitrogens with two attached hydrogens (primary N) is 1. The molecule has 2 amide bonds. The van der Waals surface area contributed by atoms with E-state index in [1.165, 1.54) is 11.2 Å². The lowest BCUT2D eigenvalue weighted by molar-refractivity contribution is 0.0791. The Morgan fingerprint density at radius 1 is 1.25 bits per heavy atom. The lowest BCUT2D eigenvalue weighted by Crippen LogP contribution is -2.34. The molecule has 6 nitrogen and oxygen atoms in total. The van der Waals surface area contributed by atoms with E-state index in [-0.39, 0.29) is 36.0 Å². The van der Waals surface area contributed by atoms with Crippen LogP contribution in [0.1, 0.15) is 27.3 Å². The first-order valence-electron chi connectivity index (χ1n) is 7.53. The third kappa shape index (κ3) is 3.44. The molecule has 7 heteroatoms. The van der Waals surface area contributed by atoms with Gasteiger partial charge in [0.15, 0.2) is 5.76 Å². The van der Waals surface area contributed by atoms with Crippen LogP contribution in [0.5, 0.6) is 0 Å². The molecular formula is C17H20ClN3O3. The van der Waals surface area contributed by atoms with E-state index in [4.69, 9.17) is 10.2 Å². The van der Waals surface area contributed by atoms with E-state index in [9.17, 15) is 9.59 Å². The first-order chi connectivity index (χ1) is 11.1. The zero-order chi connectivity index (χ0) is 16.4. The van der Waals surface area contributed by atoms with E-state index in [0.29, 0.717) is 24.3 Å². The van der Waals surface area contributed by atoms with Crippen molar-refractivity contribution in [3.05, 3.63) is 54.0 Å². The number of carbonyl (C=O) groups excluding carboxylic acids is 2. The number of furan rings is 1. The topological polar surface area (TPSA) is 79.8 Å². The van der Waals surface area contributed by atoms with Gasteiger partial charge in [0.05, 0.1) is 17.5 Å². The number of hydrogen-bond acceptors (Lipinski definition) is 4. The number of amides is 2. The van der Waals surface area contributed by atoms with Crippen LogP contribution in [0.25, 0.3) is 0 Å². The number of likely N-dealkylation sites (tertiary alicyclic amines) is 1. The Balaban J connectivity index is 0.00000208. The first-order valence-corrected chi connectivity index (χ1v) is 7.53. The monoisotopic (exact) mass is 349 g/mol. The molecule has 1 atom stereocenters. The predicted octanol–water partition coefficient (Wildman–Crippen LogP) is 2.15. The van der Waals surface area contributed by atoms with Crippen LogP contribution in [0, 0.1) is 0 Å². The van der Waals surface area contributed by atoms with Crippen molar-refractivity contribution in [1.29, 1.82) is 0 Å². The molecule has 0 spiro atoms. The van der Waals surface area contributed by atoms with Gasteiger partial charge in [0.1, 0.15) is 0 Å². The van der Waals surface area contributed by atoms with Crippen LogP contribution >= 0.6 is 12.4 Å². The van der Waals surface area contributed by atoms with Crippen LogP contribution in [-0.4, -0.2) is 42.9 Å². The lowest BCUT2D eigenvalue weighted by atomic mass is 10.1. The highest BCUT2D eigenvalue weighted by atomic mass is 35.5. The number of anilines is 1. The molecule has 2 aromatic rings. The highest BCUT2D eigenvalue weighted by Gasteiger charge is 2.28. The maximum Gasteiger partial charge on any atom is 0.293 e. The van der Waals surface area contributed by atoms with Crippen molar-refractivity contribution >= 4 is 29.9 Å². The Kier molecular flexibility index (Phi) is 5.64. The minimum absolute atomic E-state index is 0. The van der Waals surface area contributed by atoms with Gasteiger partial charge in [-0.05, 0) is 30.7 Å². The molecule has 0 saturated carbocycles. The summed E-state index contributed by atoms with van der Waals surface area (Å²) in [7, 11) is 1.63. The van der Waals surface area contributed by atoms with Gasteiger partial charge in [-0.1, -0.05) is 12.1 Å². The van der Waals surface area contributed by atoms with Crippen LogP contribution in [-0.2, 0) is 0 Å². The van der Waals surface area contributed by atoms with Gasteiger partial charge < -0.3 is 20.0 Å². The van der Waals surface area contributed by atoms with Crippen LogP contribution < -0.4 is 10.6 Å². The fourth-order valence-electron chi connectivity index (χ4n) is 2.76. The molecule has 3 rings (SSSR count). The number of rotatable bonds is 3. The number of nitrogens with zero attached hydrogens (tertiary/aromatic N) is 2. The molecule has 1 saturated heterocycles. The van der Waals surface area contributed by atoms with Crippen molar-refractivity contribution in [3.8, 4) is 0 Å². The van der Waals surface area contributed by atoms with Crippen molar-refractivity contribution in [3.63, 3.8) is 0 Å². The van der Waals surface area contributed by atoms with E-state index in [2.05, 4.69) is 0 Å². The Labute approximate surface area is 146 Å². The van der Waals surface area contributed by atoms with Gasteiger partial charge >= 0.3 is 0 Å². The van der Waals surface area contributed by atoms with Crippen molar-refractivity contribution in [2.24, 2.45) is 5.73 Å². The van der Waals surface area contributed by atoms with Gasteiger partial charge in [-0.3, -0.25) is 9.59 Å². The average Bonchev–Trinajstić information content (AvgIpc) is 3.24. The summed E-state index contributed by atoms with van der Waals surface area (Å²) >= 11 is 0. The molecule has 2 heterocycles. The summed E-state index contributed by atoms with van der Waals surface area (Å²) in [6, 6.07) is 10.4. The maximum absolute atomic E-state index is 12.7. The molecule has 0 radical (unpaired) electrons. The van der Waals surface area contributed by atoms with E-state index in [0.717, 1.165) is 6.42 Å². The normalized spacial score (nSPS) is 16.6. The fourth-order valence-corrected chi connectivity index (χ4v) is 2.76. The number of benzene rings is 1. The van der Waals surface area contributed by atoms with Gasteiger partial charge in [-0.25, -0.2) is 0 Å². The van der Waals surface area contributed by atoms with Gasteiger partial charge in [0.25, 0.3) is 11.8 Å². The van der Waals surface area contributed by atoms with E-state index < -0.39 is 0 Å². The summed E-state index contributed by atoms with van der Waals surface area (Å²) in [4.78, 5) is 28.3. The molecule has 0 aliphatic carbocycles. The first kappa shape index (κ1) is 18.0. The SMILES string of the molecule is CN(C(=O)c1ccco1)c1ccccc1C(=O)N1CC[C@@H](N)C1.Cl. The molecular weight excluding hydrogens is 330 g/mol. The molecule has 2 N–H and O–H groups in total. The largest absolute Gasteiger partial charge is 0.459 e. The van der Waals surface area contributed by atoms with Crippen LogP contribution in [0.4, 0.5) is 5.69 Å². The summed E-state index contributed by atoms with van der Waals surface area (Å²) in [5.74, 6) is -0.168. The molecule has 0 unspecified atom stereocenters. The van der Waals surface area contributed by atoms with Gasteiger partial charge in [-0.2, -0.15) is 0 Å². The molecule has 1 aliphatic heterocycles. The summed E-state index contributed by atoms with van der Waals surface area (Å²) < 4.78 is 5.15. The van der Waals surface area contributed by atoms with Gasteiger partial charge in [-0.15, -0.1) is 12.4 Å². The molecule has 0 bridgehead atoms. The third-order valence-electron chi connectivity index (χ3n) is 4.04. The molecule has 1 aliphatic rings. The molecule has 1 fully saturated rings. The summed E-state index contributed by atoms with van der Waals surface area (Å²) in [6.07, 6.45) is 2.25. The number of hydrogen-bond donors (Lipinski definition) is 1. The van der Waals surface area contributed by atoms with E-state index in [1.54, 1.807) is 48.3 Å². The quantitative estimate of drug-likeness (QED) is 0.920. The van der Waals surface area contributed by atoms with Crippen LogP contribution in [0.15, 0.2) is 47.1 Å². The number of para-hydroxylation sites is 1. The molecule has 24 heavy (non-hydrogen) atoms. The lowest BCUT2D eigenvalue weighted by Gasteiger charge is -2.22. The number of carbonyl (C=O) groups is 2. The van der Waals surface area contributed by atoms with E-state index in [1.807, 2.05) is 0 Å². The minimum atomic E-state index is -0.298. The fraction of sp³-hybridized carbons (Fsp3) is 0.294. The molecule has 1 aromatic heterocycles. The molecule has 1 aromatic carbocycles. The highest BCUT2D eigenvalue weighted by Crippen LogP contribution is 2.24. The van der Waals surface area contributed by atoms with Gasteiger partial charge in [0.2, 0.25) is 0 Å². The Morgan fingerprint density at radius 3 is 2.62 bits per heavy atom. The standard InChI is InChI=1S/C17H19N3O3.ClH/c1-19(17(22)15-7-4-10-23-15)14-6-3-2-5-13(14)16(21)20-9-8-12(18)11-20;/h2-7,10,12H,8-9,11,18H2,1H3;1H/t12-;/m1./s1. The summed E-state index contributed by atoms with van der Waals surface area (Å²) in [5.41, 5.74) is 6.93. The smallest absolute Gasteiger partial charge is 0.293 e. The average molecular weight is 350 g/mol. The Morgan fingerprint density at radius 2 is 2.00 bits per heavy atom. The molecule has 128 valence electrons. The third-order valence-corrected chi connectivity index (χ3v) is 4.04. The van der Waals surface area contributed by atoms with Crippen molar-refractivity contribution in [1.82, 2.24) is 4.90 Å². The zero-order valence-electron chi connectivity index (χ0n) is 13.3. The Bertz CT molecular complexity index is 718. The maximum atomic E-state index is 12.7. The van der Waals surface area contributed by atoms with Crippen molar-refractivity contribution in [2.75, 3.05) is 25.0 Å². The van der Waals surface area contributed by atoms with Gasteiger partial charge in [0, 0.05) is 26.2 Å².